The maximum absolute atomic E-state index is 10.6. The van der Waals surface area contributed by atoms with Crippen molar-refractivity contribution < 1.29 is 19.5 Å². The highest BCUT2D eigenvalue weighted by Gasteiger charge is 2.13. The van der Waals surface area contributed by atoms with Crippen LogP contribution in [-0.2, 0) is 0 Å². The number of hydrogen-bond donors (Lipinski definition) is 1. The quantitative estimate of drug-likeness (QED) is 0.559. The summed E-state index contributed by atoms with van der Waals surface area (Å²) in [5, 5.41) is 21.4. The zero-order chi connectivity index (χ0) is 17.7. The molecule has 0 amide bonds. The molecule has 9 heteroatoms. The van der Waals surface area contributed by atoms with Gasteiger partial charge < -0.3 is 14.6 Å². The third-order valence-corrected chi connectivity index (χ3v) is 3.72. The summed E-state index contributed by atoms with van der Waals surface area (Å²) in [7, 11) is 0. The molecule has 0 bridgehead atoms. The Balaban J connectivity index is 1.88. The Labute approximate surface area is 152 Å². The van der Waals surface area contributed by atoms with Crippen LogP contribution in [0.5, 0.6) is 11.5 Å². The molecule has 1 atom stereocenters. The van der Waals surface area contributed by atoms with Gasteiger partial charge in [-0.15, -0.1) is 0 Å². The first-order chi connectivity index (χ1) is 11.4. The Kier molecular flexibility index (Phi) is 6.51. The van der Waals surface area contributed by atoms with E-state index in [2.05, 4.69) is 0 Å². The molecule has 0 fully saturated rings. The van der Waals surface area contributed by atoms with Gasteiger partial charge in [0, 0.05) is 23.2 Å². The van der Waals surface area contributed by atoms with E-state index in [1.165, 1.54) is 24.3 Å². The Morgan fingerprint density at radius 3 is 2.29 bits per heavy atom. The summed E-state index contributed by atoms with van der Waals surface area (Å²) in [6, 6.07) is 8.53. The van der Waals surface area contributed by atoms with Crippen LogP contribution in [0.3, 0.4) is 0 Å². The number of aliphatic hydroxyl groups excluding tert-OH is 1. The third kappa shape index (κ3) is 5.14. The van der Waals surface area contributed by atoms with Crippen LogP contribution in [0.2, 0.25) is 15.1 Å². The van der Waals surface area contributed by atoms with Crippen LogP contribution in [0.15, 0.2) is 36.4 Å². The lowest BCUT2D eigenvalue weighted by Crippen LogP contribution is -2.25. The Morgan fingerprint density at radius 2 is 1.67 bits per heavy atom. The molecule has 0 saturated carbocycles. The van der Waals surface area contributed by atoms with Crippen LogP contribution < -0.4 is 9.47 Å². The van der Waals surface area contributed by atoms with Crippen LogP contribution in [0.1, 0.15) is 0 Å². The molecule has 6 nitrogen and oxygen atoms in total. The van der Waals surface area contributed by atoms with E-state index in [1.54, 1.807) is 12.1 Å². The highest BCUT2D eigenvalue weighted by atomic mass is 35.5. The average Bonchev–Trinajstić information content (AvgIpc) is 2.54. The average molecular weight is 393 g/mol. The van der Waals surface area contributed by atoms with Crippen molar-refractivity contribution in [2.75, 3.05) is 13.2 Å². The molecular weight excluding hydrogens is 381 g/mol. The Hall–Kier alpha value is -1.73. The molecule has 0 radical (unpaired) electrons. The van der Waals surface area contributed by atoms with Gasteiger partial charge in [-0.05, 0) is 18.2 Å². The number of aliphatic hydroxyl groups is 1. The number of nitro groups is 1. The zero-order valence-electron chi connectivity index (χ0n) is 12.1. The monoisotopic (exact) mass is 391 g/mol. The van der Waals surface area contributed by atoms with Crippen LogP contribution in [0, 0.1) is 10.1 Å². The fourth-order valence-electron chi connectivity index (χ4n) is 1.73. The second-order valence-corrected chi connectivity index (χ2v) is 5.97. The van der Waals surface area contributed by atoms with Crippen molar-refractivity contribution in [1.82, 2.24) is 0 Å². The highest BCUT2D eigenvalue weighted by Crippen LogP contribution is 2.29. The van der Waals surface area contributed by atoms with Crippen molar-refractivity contribution in [2.45, 2.75) is 6.10 Å². The van der Waals surface area contributed by atoms with Gasteiger partial charge in [0.2, 0.25) is 0 Å². The maximum Gasteiger partial charge on any atom is 0.271 e. The Bertz CT molecular complexity index is 741. The number of ether oxygens (including phenoxy) is 2. The van der Waals surface area contributed by atoms with E-state index in [0.29, 0.717) is 15.8 Å². The molecule has 128 valence electrons. The van der Waals surface area contributed by atoms with Gasteiger partial charge in [0.05, 0.1) is 15.0 Å². The van der Waals surface area contributed by atoms with E-state index >= 15 is 0 Å². The molecule has 0 aliphatic heterocycles. The molecule has 0 spiro atoms. The summed E-state index contributed by atoms with van der Waals surface area (Å²) in [6.07, 6.45) is -0.966. The first kappa shape index (κ1) is 18.6. The second kappa shape index (κ2) is 8.39. The van der Waals surface area contributed by atoms with E-state index < -0.39 is 11.0 Å². The molecule has 1 N–H and O–H groups in total. The highest BCUT2D eigenvalue weighted by molar-refractivity contribution is 6.34. The number of non-ortho nitro benzene ring substituents is 1. The van der Waals surface area contributed by atoms with Gasteiger partial charge in [0.1, 0.15) is 30.8 Å². The maximum atomic E-state index is 10.6. The van der Waals surface area contributed by atoms with Gasteiger partial charge >= 0.3 is 0 Å². The van der Waals surface area contributed by atoms with Crippen LogP contribution in [0.25, 0.3) is 0 Å². The van der Waals surface area contributed by atoms with Crippen molar-refractivity contribution in [3.63, 3.8) is 0 Å². The number of rotatable bonds is 7. The number of benzene rings is 2. The van der Waals surface area contributed by atoms with Crippen molar-refractivity contribution in [2.24, 2.45) is 0 Å². The fraction of sp³-hybridized carbons (Fsp3) is 0.200. The SMILES string of the molecule is O=[N+]([O-])c1ccc(OC[C@H](O)COc2cc(Cl)ccc2Cl)c(Cl)c1. The molecule has 2 aromatic carbocycles. The molecule has 0 aromatic heterocycles. The molecule has 2 aromatic rings. The van der Waals surface area contributed by atoms with Crippen molar-refractivity contribution in [1.29, 1.82) is 0 Å². The molecule has 0 saturated heterocycles. The molecular formula is C15H12Cl3NO5. The van der Waals surface area contributed by atoms with E-state index in [1.807, 2.05) is 0 Å². The zero-order valence-corrected chi connectivity index (χ0v) is 14.4. The molecule has 0 unspecified atom stereocenters. The largest absolute Gasteiger partial charge is 0.489 e. The minimum Gasteiger partial charge on any atom is -0.489 e. The van der Waals surface area contributed by atoms with E-state index in [9.17, 15) is 15.2 Å². The van der Waals surface area contributed by atoms with Crippen molar-refractivity contribution >= 4 is 40.5 Å². The standard InChI is InChI=1S/C15H12Cl3NO5/c16-9-1-3-12(17)15(5-9)24-8-11(20)7-23-14-4-2-10(19(21)22)6-13(14)18/h1-6,11,20H,7-8H2/t11-/m0/s1. The number of hydrogen-bond acceptors (Lipinski definition) is 5. The van der Waals surface area contributed by atoms with E-state index in [4.69, 9.17) is 44.3 Å². The van der Waals surface area contributed by atoms with Gasteiger partial charge in [0.15, 0.2) is 0 Å². The summed E-state index contributed by atoms with van der Waals surface area (Å²) in [5.74, 6) is 0.568. The smallest absolute Gasteiger partial charge is 0.271 e. The topological polar surface area (TPSA) is 81.8 Å². The van der Waals surface area contributed by atoms with Gasteiger partial charge in [-0.3, -0.25) is 10.1 Å². The lowest BCUT2D eigenvalue weighted by molar-refractivity contribution is -0.384. The molecule has 2 rings (SSSR count). The van der Waals surface area contributed by atoms with Crippen molar-refractivity contribution in [3.8, 4) is 11.5 Å². The molecule has 0 heterocycles. The van der Waals surface area contributed by atoms with Crippen LogP contribution >= 0.6 is 34.8 Å². The molecule has 0 aliphatic rings. The third-order valence-electron chi connectivity index (χ3n) is 2.88. The lowest BCUT2D eigenvalue weighted by atomic mass is 10.3. The summed E-state index contributed by atoms with van der Waals surface area (Å²) in [5.41, 5.74) is -0.146. The van der Waals surface area contributed by atoms with Crippen LogP contribution in [-0.4, -0.2) is 29.3 Å². The normalized spacial score (nSPS) is 11.8. The van der Waals surface area contributed by atoms with Crippen molar-refractivity contribution in [3.05, 3.63) is 61.6 Å². The summed E-state index contributed by atoms with van der Waals surface area (Å²) < 4.78 is 10.7. The van der Waals surface area contributed by atoms with Crippen LogP contribution in [0.4, 0.5) is 5.69 Å². The number of halogens is 3. The van der Waals surface area contributed by atoms with Gasteiger partial charge in [-0.2, -0.15) is 0 Å². The first-order valence-corrected chi connectivity index (χ1v) is 7.83. The first-order valence-electron chi connectivity index (χ1n) is 6.69. The minimum atomic E-state index is -0.966. The molecule has 0 aliphatic carbocycles. The predicted octanol–water partition coefficient (Wildman–Crippen LogP) is 4.37. The minimum absolute atomic E-state index is 0.0787. The predicted molar refractivity (Wildman–Crippen MR) is 91.6 cm³/mol. The van der Waals surface area contributed by atoms with E-state index in [0.717, 1.165) is 0 Å². The summed E-state index contributed by atoms with van der Waals surface area (Å²) in [6.45, 7) is -0.194. The number of nitrogens with zero attached hydrogens (tertiary/aromatic N) is 1. The lowest BCUT2D eigenvalue weighted by Gasteiger charge is -2.15. The Morgan fingerprint density at radius 1 is 1.00 bits per heavy atom. The number of nitro benzene ring substituents is 1. The van der Waals surface area contributed by atoms with Gasteiger partial charge in [-0.25, -0.2) is 0 Å². The second-order valence-electron chi connectivity index (χ2n) is 4.72. The van der Waals surface area contributed by atoms with Gasteiger partial charge in [0.25, 0.3) is 5.69 Å². The van der Waals surface area contributed by atoms with E-state index in [-0.39, 0.29) is 29.7 Å². The molecule has 24 heavy (non-hydrogen) atoms. The summed E-state index contributed by atoms with van der Waals surface area (Å²) >= 11 is 17.7. The van der Waals surface area contributed by atoms with Gasteiger partial charge in [-0.1, -0.05) is 34.8 Å². The summed E-state index contributed by atoms with van der Waals surface area (Å²) in [4.78, 5) is 10.1. The fourth-order valence-corrected chi connectivity index (χ4v) is 2.29.